The lowest BCUT2D eigenvalue weighted by Gasteiger charge is -2.21. The van der Waals surface area contributed by atoms with Gasteiger partial charge in [0, 0.05) is 25.7 Å². The molecule has 17 nitrogen and oxygen atoms in total. The van der Waals surface area contributed by atoms with Crippen molar-refractivity contribution >= 4 is 39.5 Å². The molecule has 0 aliphatic carbocycles. The summed E-state index contributed by atoms with van der Waals surface area (Å²) in [5.41, 5.74) is 0. The van der Waals surface area contributed by atoms with Gasteiger partial charge in [-0.25, -0.2) is 9.13 Å². The second kappa shape index (κ2) is 67.3. The Morgan fingerprint density at radius 2 is 0.495 bits per heavy atom. The number of esters is 4. The van der Waals surface area contributed by atoms with Crippen molar-refractivity contribution in [2.75, 3.05) is 39.6 Å². The third-order valence-corrected chi connectivity index (χ3v) is 19.2. The number of hydrogen-bond donors (Lipinski definition) is 3. The van der Waals surface area contributed by atoms with E-state index in [1.807, 2.05) is 0 Å². The highest BCUT2D eigenvalue weighted by molar-refractivity contribution is 7.47. The van der Waals surface area contributed by atoms with Gasteiger partial charge in [0.1, 0.15) is 19.3 Å². The van der Waals surface area contributed by atoms with Crippen molar-refractivity contribution in [3.63, 3.8) is 0 Å². The van der Waals surface area contributed by atoms with Gasteiger partial charge in [-0.15, -0.1) is 0 Å². The molecule has 19 heteroatoms. The Hall–Kier alpha value is -1.94. The Balaban J connectivity index is 5.13. The molecule has 0 saturated heterocycles. The molecule has 0 aliphatic heterocycles. The molecule has 93 heavy (non-hydrogen) atoms. The maximum absolute atomic E-state index is 13.1. The van der Waals surface area contributed by atoms with Crippen LogP contribution >= 0.6 is 15.6 Å². The molecule has 552 valence electrons. The maximum atomic E-state index is 13.1. The second-order valence-electron chi connectivity index (χ2n) is 27.2. The van der Waals surface area contributed by atoms with E-state index < -0.39 is 97.5 Å². The molecule has 0 bridgehead atoms. The number of carbonyl (C=O) groups excluding carboxylic acids is 4. The smallest absolute Gasteiger partial charge is 0.462 e. The number of rotatable bonds is 74. The van der Waals surface area contributed by atoms with Gasteiger partial charge in [0.05, 0.1) is 26.4 Å². The number of phosphoric acid groups is 2. The average molecular weight is 1370 g/mol. The molecule has 0 fully saturated rings. The second-order valence-corrected chi connectivity index (χ2v) is 30.1. The standard InChI is InChI=1S/C74H144O17P2/c1-6-9-12-15-18-20-22-24-26-27-28-29-30-31-32-33-35-37-39-44-49-54-59-73(78)90-70(64-85-72(77)58-53-48-43-38-36-34-25-23-21-19-16-13-10-7-2)66-89-93(82,83)87-62-68(75)61-86-92(80,81)88-65-69(63-84-71(76)57-52-47-41-17-14-11-8-3)91-74(79)60-55-50-45-40-42-46-51-56-67(4)5/h67-70,75H,6-66H2,1-5H3,(H,80,81)(H,82,83)/t68-,69+,70+/m0/s1. The fourth-order valence-electron chi connectivity index (χ4n) is 11.4. The van der Waals surface area contributed by atoms with Crippen molar-refractivity contribution in [2.45, 2.75) is 406 Å². The lowest BCUT2D eigenvalue weighted by Crippen LogP contribution is -2.30. The first-order chi connectivity index (χ1) is 45.0. The summed E-state index contributed by atoms with van der Waals surface area (Å²) >= 11 is 0. The monoisotopic (exact) mass is 1370 g/mol. The van der Waals surface area contributed by atoms with Crippen LogP contribution in [0.2, 0.25) is 0 Å². The van der Waals surface area contributed by atoms with Gasteiger partial charge in [0.25, 0.3) is 0 Å². The van der Waals surface area contributed by atoms with E-state index in [0.717, 1.165) is 103 Å². The summed E-state index contributed by atoms with van der Waals surface area (Å²) in [6.07, 6.45) is 55.9. The summed E-state index contributed by atoms with van der Waals surface area (Å²) in [6.45, 7) is 7.16. The first-order valence-electron chi connectivity index (χ1n) is 38.6. The summed E-state index contributed by atoms with van der Waals surface area (Å²) in [4.78, 5) is 72.5. The third-order valence-electron chi connectivity index (χ3n) is 17.3. The van der Waals surface area contributed by atoms with Crippen LogP contribution in [0.4, 0.5) is 0 Å². The van der Waals surface area contributed by atoms with E-state index in [4.69, 9.17) is 37.0 Å². The molecule has 0 radical (unpaired) electrons. The third kappa shape index (κ3) is 68.4. The van der Waals surface area contributed by atoms with Crippen molar-refractivity contribution in [3.8, 4) is 0 Å². The quantitative estimate of drug-likeness (QED) is 0.0222. The van der Waals surface area contributed by atoms with Crippen LogP contribution < -0.4 is 0 Å². The van der Waals surface area contributed by atoms with Crippen molar-refractivity contribution in [3.05, 3.63) is 0 Å². The van der Waals surface area contributed by atoms with E-state index in [2.05, 4.69) is 34.6 Å². The molecule has 2 unspecified atom stereocenters. The summed E-state index contributed by atoms with van der Waals surface area (Å²) in [7, 11) is -9.90. The number of unbranched alkanes of at least 4 members (excludes halogenated alkanes) is 46. The molecular weight excluding hydrogens is 1220 g/mol. The van der Waals surface area contributed by atoms with Crippen LogP contribution in [-0.4, -0.2) is 96.7 Å². The molecule has 0 amide bonds. The molecule has 0 heterocycles. The van der Waals surface area contributed by atoms with Crippen LogP contribution in [-0.2, 0) is 65.4 Å². The molecule has 5 atom stereocenters. The van der Waals surface area contributed by atoms with Crippen LogP contribution in [0.1, 0.15) is 388 Å². The summed E-state index contributed by atoms with van der Waals surface area (Å²) in [6, 6.07) is 0. The number of phosphoric ester groups is 2. The van der Waals surface area contributed by atoms with E-state index in [0.29, 0.717) is 31.6 Å². The minimum absolute atomic E-state index is 0.103. The van der Waals surface area contributed by atoms with E-state index in [1.54, 1.807) is 0 Å². The Morgan fingerprint density at radius 1 is 0.290 bits per heavy atom. The maximum Gasteiger partial charge on any atom is 0.472 e. The van der Waals surface area contributed by atoms with E-state index >= 15 is 0 Å². The predicted octanol–water partition coefficient (Wildman–Crippen LogP) is 21.7. The van der Waals surface area contributed by atoms with Gasteiger partial charge in [-0.05, 0) is 31.6 Å². The van der Waals surface area contributed by atoms with Crippen molar-refractivity contribution in [2.24, 2.45) is 5.92 Å². The summed E-state index contributed by atoms with van der Waals surface area (Å²) in [5, 5.41) is 10.6. The van der Waals surface area contributed by atoms with Crippen molar-refractivity contribution in [1.82, 2.24) is 0 Å². The van der Waals surface area contributed by atoms with E-state index in [1.165, 1.54) is 199 Å². The minimum atomic E-state index is -4.95. The molecule has 0 aromatic carbocycles. The SMILES string of the molecule is CCCCCCCCCCCCCCCCCCCCCCCCC(=O)O[C@H](COC(=O)CCCCCCCCCCCCCCCC)COP(=O)(O)OC[C@@H](O)COP(=O)(O)OC[C@@H](COC(=O)CCCCCCCCC)OC(=O)CCCCCCCCCC(C)C. The Labute approximate surface area is 568 Å². The van der Waals surface area contributed by atoms with Crippen LogP contribution in [0.15, 0.2) is 0 Å². The molecule has 3 N–H and O–H groups in total. The average Bonchev–Trinajstić information content (AvgIpc) is 2.15. The number of carbonyl (C=O) groups is 4. The van der Waals surface area contributed by atoms with E-state index in [-0.39, 0.29) is 25.7 Å². The van der Waals surface area contributed by atoms with Gasteiger partial charge < -0.3 is 33.8 Å². The highest BCUT2D eigenvalue weighted by Crippen LogP contribution is 2.45. The van der Waals surface area contributed by atoms with Gasteiger partial charge in [0.15, 0.2) is 12.2 Å². The normalized spacial score (nSPS) is 14.0. The minimum Gasteiger partial charge on any atom is -0.462 e. The Bertz CT molecular complexity index is 1790. The molecular formula is C74H144O17P2. The zero-order chi connectivity index (χ0) is 68.4. The largest absolute Gasteiger partial charge is 0.472 e. The molecule has 0 spiro atoms. The molecule has 0 aromatic rings. The van der Waals surface area contributed by atoms with E-state index in [9.17, 15) is 43.2 Å². The first kappa shape index (κ1) is 91.1. The zero-order valence-corrected chi connectivity index (χ0v) is 62.2. The van der Waals surface area contributed by atoms with Crippen LogP contribution in [0.25, 0.3) is 0 Å². The summed E-state index contributed by atoms with van der Waals surface area (Å²) in [5.74, 6) is -1.43. The fraction of sp³-hybridized carbons (Fsp3) is 0.946. The highest BCUT2D eigenvalue weighted by Gasteiger charge is 2.30. The molecule has 0 rings (SSSR count). The fourth-order valence-corrected chi connectivity index (χ4v) is 12.9. The number of aliphatic hydroxyl groups is 1. The van der Waals surface area contributed by atoms with Gasteiger partial charge in [-0.1, -0.05) is 336 Å². The molecule has 0 aliphatic rings. The lowest BCUT2D eigenvalue weighted by molar-refractivity contribution is -0.161. The highest BCUT2D eigenvalue weighted by atomic mass is 31.2. The van der Waals surface area contributed by atoms with Gasteiger partial charge in [0.2, 0.25) is 0 Å². The van der Waals surface area contributed by atoms with Crippen LogP contribution in [0.5, 0.6) is 0 Å². The number of hydrogen-bond acceptors (Lipinski definition) is 15. The molecule has 0 saturated carbocycles. The van der Waals surface area contributed by atoms with Crippen LogP contribution in [0, 0.1) is 5.92 Å². The topological polar surface area (TPSA) is 237 Å². The van der Waals surface area contributed by atoms with Gasteiger partial charge in [-0.3, -0.25) is 37.3 Å². The zero-order valence-electron chi connectivity index (χ0n) is 60.4. The lowest BCUT2D eigenvalue weighted by atomic mass is 10.0. The van der Waals surface area contributed by atoms with Gasteiger partial charge >= 0.3 is 39.5 Å². The van der Waals surface area contributed by atoms with Crippen molar-refractivity contribution in [1.29, 1.82) is 0 Å². The van der Waals surface area contributed by atoms with Crippen molar-refractivity contribution < 1.29 is 80.2 Å². The molecule has 0 aromatic heterocycles. The number of ether oxygens (including phenoxy) is 4. The van der Waals surface area contributed by atoms with Gasteiger partial charge in [-0.2, -0.15) is 0 Å². The summed E-state index contributed by atoms with van der Waals surface area (Å²) < 4.78 is 68.3. The Kier molecular flexibility index (Phi) is 65.9. The predicted molar refractivity (Wildman–Crippen MR) is 377 cm³/mol. The Morgan fingerprint density at radius 3 is 0.731 bits per heavy atom. The number of aliphatic hydroxyl groups excluding tert-OH is 1. The van der Waals surface area contributed by atoms with Crippen LogP contribution in [0.3, 0.4) is 0 Å². The first-order valence-corrected chi connectivity index (χ1v) is 41.6.